The summed E-state index contributed by atoms with van der Waals surface area (Å²) in [4.78, 5) is 15.4. The second-order valence-corrected chi connectivity index (χ2v) is 6.18. The van der Waals surface area contributed by atoms with Crippen LogP contribution in [0.3, 0.4) is 0 Å². The summed E-state index contributed by atoms with van der Waals surface area (Å²) in [6.07, 6.45) is 5.00. The van der Waals surface area contributed by atoms with Crippen molar-refractivity contribution < 1.29 is 9.90 Å². The summed E-state index contributed by atoms with van der Waals surface area (Å²) < 4.78 is 2.29. The second-order valence-electron chi connectivity index (χ2n) is 6.18. The van der Waals surface area contributed by atoms with Gasteiger partial charge in [-0.2, -0.15) is 0 Å². The SMILES string of the molecule is O=C(O)[C@@H]1C[C@H]1c1ccc(NCc2cnc3n2CCC3)cc1. The maximum atomic E-state index is 10.9. The van der Waals surface area contributed by atoms with E-state index in [2.05, 4.69) is 14.9 Å². The Labute approximate surface area is 129 Å². The van der Waals surface area contributed by atoms with Gasteiger partial charge in [0.05, 0.1) is 24.4 Å². The van der Waals surface area contributed by atoms with E-state index in [0.29, 0.717) is 0 Å². The zero-order valence-electron chi connectivity index (χ0n) is 12.3. The summed E-state index contributed by atoms with van der Waals surface area (Å²) in [5, 5.41) is 12.4. The van der Waals surface area contributed by atoms with Crippen LogP contribution < -0.4 is 5.32 Å². The number of carboxylic acid groups (broad SMARTS) is 1. The molecule has 0 spiro atoms. The predicted octanol–water partition coefficient (Wildman–Crippen LogP) is 2.63. The fourth-order valence-electron chi connectivity index (χ4n) is 3.34. The van der Waals surface area contributed by atoms with Crippen LogP contribution in [0.15, 0.2) is 30.5 Å². The number of hydrogen-bond donors (Lipinski definition) is 2. The van der Waals surface area contributed by atoms with Crippen LogP contribution in [0.4, 0.5) is 5.69 Å². The van der Waals surface area contributed by atoms with Crippen LogP contribution in [0.5, 0.6) is 0 Å². The Hall–Kier alpha value is -2.30. The summed E-state index contributed by atoms with van der Waals surface area (Å²) in [6.45, 7) is 1.84. The Morgan fingerprint density at radius 2 is 2.18 bits per heavy atom. The summed E-state index contributed by atoms with van der Waals surface area (Å²) in [5.74, 6) is 0.528. The number of rotatable bonds is 5. The molecule has 0 saturated heterocycles. The number of aromatic nitrogens is 2. The van der Waals surface area contributed by atoms with E-state index < -0.39 is 5.97 Å². The van der Waals surface area contributed by atoms with Gasteiger partial charge in [-0.1, -0.05) is 12.1 Å². The van der Waals surface area contributed by atoms with Gasteiger partial charge in [-0.05, 0) is 36.5 Å². The number of imidazole rings is 1. The van der Waals surface area contributed by atoms with Crippen molar-refractivity contribution in [1.29, 1.82) is 0 Å². The molecule has 1 aromatic heterocycles. The fraction of sp³-hybridized carbons (Fsp3) is 0.412. The van der Waals surface area contributed by atoms with Crippen molar-refractivity contribution in [2.24, 2.45) is 5.92 Å². The molecule has 2 atom stereocenters. The van der Waals surface area contributed by atoms with Crippen molar-refractivity contribution in [2.45, 2.75) is 38.3 Å². The normalized spacial score (nSPS) is 22.4. The number of carbonyl (C=O) groups is 1. The maximum absolute atomic E-state index is 10.9. The first kappa shape index (κ1) is 13.4. The molecule has 0 amide bonds. The molecule has 2 aliphatic rings. The topological polar surface area (TPSA) is 67.2 Å². The van der Waals surface area contributed by atoms with Crippen molar-refractivity contribution in [3.05, 3.63) is 47.5 Å². The highest BCUT2D eigenvalue weighted by Crippen LogP contribution is 2.47. The molecule has 1 aliphatic heterocycles. The number of fused-ring (bicyclic) bond motifs is 1. The standard InChI is InChI=1S/C17H19N3O2/c21-17(22)15-8-14(15)11-3-5-12(6-4-11)18-9-13-10-19-16-2-1-7-20(13)16/h3-6,10,14-15,18H,1-2,7-9H2,(H,21,22)/t14-,15+/m0/s1. The number of anilines is 1. The van der Waals surface area contributed by atoms with Gasteiger partial charge in [0.1, 0.15) is 5.82 Å². The van der Waals surface area contributed by atoms with Gasteiger partial charge in [-0.25, -0.2) is 4.98 Å². The smallest absolute Gasteiger partial charge is 0.307 e. The molecule has 0 bridgehead atoms. The molecule has 114 valence electrons. The predicted molar refractivity (Wildman–Crippen MR) is 82.8 cm³/mol. The Kier molecular flexibility index (Phi) is 3.13. The molecule has 1 aromatic carbocycles. The van der Waals surface area contributed by atoms with E-state index in [1.165, 1.54) is 17.9 Å². The minimum atomic E-state index is -0.679. The van der Waals surface area contributed by atoms with E-state index in [1.54, 1.807) is 0 Å². The van der Waals surface area contributed by atoms with Crippen molar-refractivity contribution >= 4 is 11.7 Å². The first-order valence-corrected chi connectivity index (χ1v) is 7.82. The maximum Gasteiger partial charge on any atom is 0.307 e. The molecule has 2 aromatic rings. The third-order valence-corrected chi connectivity index (χ3v) is 4.72. The van der Waals surface area contributed by atoms with E-state index in [1.807, 2.05) is 30.5 Å². The minimum Gasteiger partial charge on any atom is -0.481 e. The summed E-state index contributed by atoms with van der Waals surface area (Å²) >= 11 is 0. The van der Waals surface area contributed by atoms with Crippen LogP contribution in [0.1, 0.15) is 35.8 Å². The van der Waals surface area contributed by atoms with Gasteiger partial charge in [0.2, 0.25) is 0 Å². The first-order valence-electron chi connectivity index (χ1n) is 7.82. The van der Waals surface area contributed by atoms with Gasteiger partial charge in [-0.15, -0.1) is 0 Å². The largest absolute Gasteiger partial charge is 0.481 e. The number of nitrogens with zero attached hydrogens (tertiary/aromatic N) is 2. The third-order valence-electron chi connectivity index (χ3n) is 4.72. The highest BCUT2D eigenvalue weighted by Gasteiger charge is 2.43. The molecule has 1 saturated carbocycles. The molecular formula is C17H19N3O2. The van der Waals surface area contributed by atoms with E-state index in [-0.39, 0.29) is 11.8 Å². The molecule has 0 unspecified atom stereocenters. The molecule has 5 heteroatoms. The molecule has 2 N–H and O–H groups in total. The highest BCUT2D eigenvalue weighted by molar-refractivity contribution is 5.75. The van der Waals surface area contributed by atoms with Crippen LogP contribution in [0.25, 0.3) is 0 Å². The number of hydrogen-bond acceptors (Lipinski definition) is 3. The fourth-order valence-corrected chi connectivity index (χ4v) is 3.34. The second kappa shape index (κ2) is 5.16. The molecule has 5 nitrogen and oxygen atoms in total. The molecule has 4 rings (SSSR count). The number of carboxylic acids is 1. The Balaban J connectivity index is 1.38. The van der Waals surface area contributed by atoms with Crippen LogP contribution in [-0.2, 0) is 24.3 Å². The average Bonchev–Trinajstić information content (AvgIpc) is 3.04. The van der Waals surface area contributed by atoms with Gasteiger partial charge in [0, 0.05) is 18.7 Å². The number of aryl methyl sites for hydroxylation is 1. The number of nitrogens with one attached hydrogen (secondary N) is 1. The molecule has 2 heterocycles. The Morgan fingerprint density at radius 3 is 2.91 bits per heavy atom. The average molecular weight is 297 g/mol. The van der Waals surface area contributed by atoms with Crippen molar-refractivity contribution in [3.8, 4) is 0 Å². The van der Waals surface area contributed by atoms with Crippen LogP contribution >= 0.6 is 0 Å². The van der Waals surface area contributed by atoms with Gasteiger partial charge >= 0.3 is 5.97 Å². The van der Waals surface area contributed by atoms with Crippen LogP contribution in [0.2, 0.25) is 0 Å². The van der Waals surface area contributed by atoms with Gasteiger partial charge in [-0.3, -0.25) is 4.79 Å². The highest BCUT2D eigenvalue weighted by atomic mass is 16.4. The van der Waals surface area contributed by atoms with E-state index in [4.69, 9.17) is 5.11 Å². The van der Waals surface area contributed by atoms with E-state index >= 15 is 0 Å². The Bertz CT molecular complexity index is 705. The zero-order chi connectivity index (χ0) is 15.1. The Morgan fingerprint density at radius 1 is 1.36 bits per heavy atom. The molecule has 1 fully saturated rings. The monoisotopic (exact) mass is 297 g/mol. The summed E-state index contributed by atoms with van der Waals surface area (Å²) in [6, 6.07) is 8.15. The van der Waals surface area contributed by atoms with Gasteiger partial charge < -0.3 is 15.0 Å². The number of benzene rings is 1. The molecule has 0 radical (unpaired) electrons. The third kappa shape index (κ3) is 2.36. The van der Waals surface area contributed by atoms with E-state index in [9.17, 15) is 4.79 Å². The van der Waals surface area contributed by atoms with Gasteiger partial charge in [0.15, 0.2) is 0 Å². The zero-order valence-corrected chi connectivity index (χ0v) is 12.3. The number of aliphatic carboxylic acids is 1. The van der Waals surface area contributed by atoms with Crippen molar-refractivity contribution in [3.63, 3.8) is 0 Å². The quantitative estimate of drug-likeness (QED) is 0.890. The van der Waals surface area contributed by atoms with Crippen LogP contribution in [0, 0.1) is 5.92 Å². The molecule has 1 aliphatic carbocycles. The first-order chi connectivity index (χ1) is 10.7. The summed E-state index contributed by atoms with van der Waals surface area (Å²) in [5.41, 5.74) is 3.41. The summed E-state index contributed by atoms with van der Waals surface area (Å²) in [7, 11) is 0. The van der Waals surface area contributed by atoms with Crippen molar-refractivity contribution in [2.75, 3.05) is 5.32 Å². The lowest BCUT2D eigenvalue weighted by molar-refractivity contribution is -0.138. The van der Waals surface area contributed by atoms with Crippen molar-refractivity contribution in [1.82, 2.24) is 9.55 Å². The lowest BCUT2D eigenvalue weighted by Gasteiger charge is -2.09. The lowest BCUT2D eigenvalue weighted by Crippen LogP contribution is -2.06. The van der Waals surface area contributed by atoms with Gasteiger partial charge in [0.25, 0.3) is 0 Å². The van der Waals surface area contributed by atoms with E-state index in [0.717, 1.165) is 37.2 Å². The molecule has 22 heavy (non-hydrogen) atoms. The minimum absolute atomic E-state index is 0.187. The molecular weight excluding hydrogens is 278 g/mol. The van der Waals surface area contributed by atoms with Crippen LogP contribution in [-0.4, -0.2) is 20.6 Å². The lowest BCUT2D eigenvalue weighted by atomic mass is 10.1.